The van der Waals surface area contributed by atoms with Crippen molar-refractivity contribution in [3.05, 3.63) is 53.6 Å². The van der Waals surface area contributed by atoms with Crippen molar-refractivity contribution in [2.75, 3.05) is 18.0 Å². The maximum atomic E-state index is 6.01. The van der Waals surface area contributed by atoms with Gasteiger partial charge in [0, 0.05) is 29.1 Å². The summed E-state index contributed by atoms with van der Waals surface area (Å²) < 4.78 is 1.81. The van der Waals surface area contributed by atoms with Crippen LogP contribution in [-0.4, -0.2) is 32.9 Å². The molecule has 0 aliphatic heterocycles. The predicted molar refractivity (Wildman–Crippen MR) is 102 cm³/mol. The fourth-order valence-corrected chi connectivity index (χ4v) is 3.23. The predicted octanol–water partition coefficient (Wildman–Crippen LogP) is 4.44. The van der Waals surface area contributed by atoms with Gasteiger partial charge in [0.1, 0.15) is 11.5 Å². The second-order valence-corrected chi connectivity index (χ2v) is 6.24. The summed E-state index contributed by atoms with van der Waals surface area (Å²) in [5.74, 6) is 0.964. The molecule has 25 heavy (non-hydrogen) atoms. The SMILES string of the molecule is CCN(CC)c1nc2c(-c3ccc(Cl)cc3)nnn2c2ccccc12. The number of anilines is 1. The van der Waals surface area contributed by atoms with E-state index in [0.29, 0.717) is 5.02 Å². The number of nitrogens with zero attached hydrogens (tertiary/aromatic N) is 5. The molecule has 2 heterocycles. The van der Waals surface area contributed by atoms with E-state index in [4.69, 9.17) is 16.6 Å². The van der Waals surface area contributed by atoms with Crippen LogP contribution >= 0.6 is 11.6 Å². The molecule has 5 nitrogen and oxygen atoms in total. The Balaban J connectivity index is 2.04. The van der Waals surface area contributed by atoms with Crippen molar-refractivity contribution in [3.63, 3.8) is 0 Å². The zero-order valence-corrected chi connectivity index (χ0v) is 14.9. The van der Waals surface area contributed by atoms with E-state index in [2.05, 4.69) is 41.2 Å². The van der Waals surface area contributed by atoms with Crippen LogP contribution in [0.3, 0.4) is 0 Å². The largest absolute Gasteiger partial charge is 0.357 e. The Hall–Kier alpha value is -2.66. The minimum Gasteiger partial charge on any atom is -0.357 e. The van der Waals surface area contributed by atoms with E-state index in [1.165, 1.54) is 0 Å². The molecule has 0 saturated heterocycles. The van der Waals surface area contributed by atoms with Gasteiger partial charge in [-0.05, 0) is 38.1 Å². The van der Waals surface area contributed by atoms with Crippen LogP contribution in [0.15, 0.2) is 48.5 Å². The molecule has 4 rings (SSSR count). The van der Waals surface area contributed by atoms with E-state index >= 15 is 0 Å². The number of hydrogen-bond donors (Lipinski definition) is 0. The Kier molecular flexibility index (Phi) is 4.01. The molecule has 0 saturated carbocycles. The monoisotopic (exact) mass is 351 g/mol. The summed E-state index contributed by atoms with van der Waals surface area (Å²) in [5, 5.41) is 10.5. The van der Waals surface area contributed by atoms with E-state index in [1.54, 1.807) is 0 Å². The molecule has 0 unspecified atom stereocenters. The first kappa shape index (κ1) is 15.8. The van der Waals surface area contributed by atoms with Gasteiger partial charge in [-0.2, -0.15) is 4.52 Å². The molecule has 2 aromatic heterocycles. The zero-order valence-electron chi connectivity index (χ0n) is 14.1. The molecule has 0 amide bonds. The van der Waals surface area contributed by atoms with Crippen LogP contribution in [0.4, 0.5) is 5.82 Å². The average molecular weight is 352 g/mol. The first-order valence-electron chi connectivity index (χ1n) is 8.38. The highest BCUT2D eigenvalue weighted by molar-refractivity contribution is 6.30. The number of fused-ring (bicyclic) bond motifs is 3. The third kappa shape index (κ3) is 2.61. The Morgan fingerprint density at radius 2 is 1.72 bits per heavy atom. The Morgan fingerprint density at radius 3 is 2.44 bits per heavy atom. The standard InChI is InChI=1S/C19H18ClN5/c1-3-24(4-2)18-15-7-5-6-8-16(15)25-19(21-18)17(22-23-25)13-9-11-14(20)12-10-13/h5-12H,3-4H2,1-2H3. The van der Waals surface area contributed by atoms with E-state index in [0.717, 1.165) is 46.7 Å². The highest BCUT2D eigenvalue weighted by Gasteiger charge is 2.17. The van der Waals surface area contributed by atoms with Crippen LogP contribution < -0.4 is 4.90 Å². The van der Waals surface area contributed by atoms with Crippen molar-refractivity contribution >= 4 is 34.0 Å². The molecule has 0 atom stereocenters. The third-order valence-corrected chi connectivity index (χ3v) is 4.66. The Bertz CT molecular complexity index is 1030. The third-order valence-electron chi connectivity index (χ3n) is 4.41. The van der Waals surface area contributed by atoms with Gasteiger partial charge < -0.3 is 4.90 Å². The van der Waals surface area contributed by atoms with Crippen LogP contribution in [0.5, 0.6) is 0 Å². The number of benzene rings is 2. The molecule has 0 fully saturated rings. The number of para-hydroxylation sites is 1. The topological polar surface area (TPSA) is 46.3 Å². The van der Waals surface area contributed by atoms with Crippen molar-refractivity contribution < 1.29 is 0 Å². The summed E-state index contributed by atoms with van der Waals surface area (Å²) in [4.78, 5) is 7.19. The van der Waals surface area contributed by atoms with Gasteiger partial charge in [0.25, 0.3) is 0 Å². The Labute approximate surface area is 150 Å². The second kappa shape index (κ2) is 6.33. The van der Waals surface area contributed by atoms with Crippen LogP contribution in [-0.2, 0) is 0 Å². The maximum absolute atomic E-state index is 6.01. The van der Waals surface area contributed by atoms with E-state index in [1.807, 2.05) is 40.9 Å². The smallest absolute Gasteiger partial charge is 0.186 e. The lowest BCUT2D eigenvalue weighted by Gasteiger charge is -2.21. The second-order valence-electron chi connectivity index (χ2n) is 5.81. The van der Waals surface area contributed by atoms with Crippen molar-refractivity contribution in [2.45, 2.75) is 13.8 Å². The molecule has 0 radical (unpaired) electrons. The van der Waals surface area contributed by atoms with Gasteiger partial charge >= 0.3 is 0 Å². The van der Waals surface area contributed by atoms with Crippen LogP contribution in [0.2, 0.25) is 5.02 Å². The lowest BCUT2D eigenvalue weighted by Crippen LogP contribution is -2.23. The zero-order chi connectivity index (χ0) is 17.4. The first-order valence-corrected chi connectivity index (χ1v) is 8.75. The molecule has 2 aromatic carbocycles. The van der Waals surface area contributed by atoms with Gasteiger partial charge in [-0.3, -0.25) is 0 Å². The number of aromatic nitrogens is 4. The minimum atomic E-state index is 0.697. The van der Waals surface area contributed by atoms with Gasteiger partial charge in [0.2, 0.25) is 0 Å². The minimum absolute atomic E-state index is 0.697. The quantitative estimate of drug-likeness (QED) is 0.545. The summed E-state index contributed by atoms with van der Waals surface area (Å²) in [6.07, 6.45) is 0. The van der Waals surface area contributed by atoms with E-state index < -0.39 is 0 Å². The highest BCUT2D eigenvalue weighted by atomic mass is 35.5. The number of hydrogen-bond acceptors (Lipinski definition) is 4. The lowest BCUT2D eigenvalue weighted by molar-refractivity contribution is 0.840. The fourth-order valence-electron chi connectivity index (χ4n) is 3.11. The summed E-state index contributed by atoms with van der Waals surface area (Å²) >= 11 is 6.01. The number of halogens is 1. The summed E-state index contributed by atoms with van der Waals surface area (Å²) in [5.41, 5.74) is 3.47. The maximum Gasteiger partial charge on any atom is 0.186 e. The fraction of sp³-hybridized carbons (Fsp3) is 0.211. The Morgan fingerprint density at radius 1 is 1.00 bits per heavy atom. The van der Waals surface area contributed by atoms with Crippen molar-refractivity contribution in [1.82, 2.24) is 19.8 Å². The lowest BCUT2D eigenvalue weighted by atomic mass is 10.1. The molecule has 4 aromatic rings. The van der Waals surface area contributed by atoms with Crippen LogP contribution in [0, 0.1) is 0 Å². The van der Waals surface area contributed by atoms with Gasteiger partial charge in [-0.1, -0.05) is 41.1 Å². The number of rotatable bonds is 4. The van der Waals surface area contributed by atoms with Crippen molar-refractivity contribution in [2.24, 2.45) is 0 Å². The van der Waals surface area contributed by atoms with Gasteiger partial charge in [0.05, 0.1) is 5.52 Å². The molecular weight excluding hydrogens is 334 g/mol. The molecule has 0 bridgehead atoms. The van der Waals surface area contributed by atoms with Crippen molar-refractivity contribution in [3.8, 4) is 11.3 Å². The highest BCUT2D eigenvalue weighted by Crippen LogP contribution is 2.30. The van der Waals surface area contributed by atoms with Crippen LogP contribution in [0.25, 0.3) is 27.8 Å². The summed E-state index contributed by atoms with van der Waals surface area (Å²) in [6, 6.07) is 15.8. The van der Waals surface area contributed by atoms with Gasteiger partial charge in [-0.15, -0.1) is 5.10 Å². The summed E-state index contributed by atoms with van der Waals surface area (Å²) in [6.45, 7) is 6.06. The summed E-state index contributed by atoms with van der Waals surface area (Å²) in [7, 11) is 0. The molecule has 0 aliphatic carbocycles. The molecule has 0 spiro atoms. The first-order chi connectivity index (χ1) is 12.2. The van der Waals surface area contributed by atoms with Crippen LogP contribution in [0.1, 0.15) is 13.8 Å². The molecule has 0 N–H and O–H groups in total. The van der Waals surface area contributed by atoms with E-state index in [9.17, 15) is 0 Å². The normalized spacial score (nSPS) is 11.3. The molecule has 126 valence electrons. The molecule has 0 aliphatic rings. The van der Waals surface area contributed by atoms with Gasteiger partial charge in [0.15, 0.2) is 5.65 Å². The van der Waals surface area contributed by atoms with E-state index in [-0.39, 0.29) is 0 Å². The van der Waals surface area contributed by atoms with Gasteiger partial charge in [-0.25, -0.2) is 4.98 Å². The molecule has 6 heteroatoms. The van der Waals surface area contributed by atoms with Crippen molar-refractivity contribution in [1.29, 1.82) is 0 Å². The molecular formula is C19H18ClN5. The average Bonchev–Trinajstić information content (AvgIpc) is 3.07.